The third kappa shape index (κ3) is 5.23. The number of nitrogens with zero attached hydrogens (tertiary/aromatic N) is 1. The molecule has 0 aromatic rings. The summed E-state index contributed by atoms with van der Waals surface area (Å²) in [6.45, 7) is 15.5. The van der Waals surface area contributed by atoms with Crippen molar-refractivity contribution >= 4 is 6.09 Å². The number of hydrogen-bond donors (Lipinski definition) is 0. The zero-order valence-corrected chi connectivity index (χ0v) is 12.9. The number of hydrogen-bond acceptors (Lipinski definition) is 3. The van der Waals surface area contributed by atoms with Gasteiger partial charge in [0.25, 0.3) is 0 Å². The number of likely N-dealkylation sites (tertiary alicyclic amines) is 1. The van der Waals surface area contributed by atoms with Gasteiger partial charge in [-0.3, -0.25) is 0 Å². The molecule has 4 nitrogen and oxygen atoms in total. The Kier molecular flexibility index (Phi) is 5.02. The van der Waals surface area contributed by atoms with Gasteiger partial charge in [0, 0.05) is 6.54 Å². The molecule has 0 radical (unpaired) electrons. The van der Waals surface area contributed by atoms with Gasteiger partial charge in [0.05, 0.1) is 18.8 Å². The standard InChI is InChI=1S/C15H27NO3/c1-7-12(2)10-18-15(6)8-9-16(11-15)13(17)19-14(3,4)5/h2,7-11H2,1,3-6H3. The Morgan fingerprint density at radius 3 is 2.58 bits per heavy atom. The molecule has 0 aliphatic carbocycles. The average molecular weight is 269 g/mol. The van der Waals surface area contributed by atoms with E-state index < -0.39 is 5.60 Å². The smallest absolute Gasteiger partial charge is 0.410 e. The van der Waals surface area contributed by atoms with E-state index in [1.807, 2.05) is 27.7 Å². The first kappa shape index (κ1) is 16.0. The minimum atomic E-state index is -0.451. The first-order valence-electron chi connectivity index (χ1n) is 6.94. The fourth-order valence-corrected chi connectivity index (χ4v) is 1.91. The van der Waals surface area contributed by atoms with Gasteiger partial charge in [0.1, 0.15) is 5.60 Å². The molecule has 19 heavy (non-hydrogen) atoms. The maximum Gasteiger partial charge on any atom is 0.410 e. The molecule has 0 spiro atoms. The summed E-state index contributed by atoms with van der Waals surface area (Å²) in [5.74, 6) is 0. The molecule has 1 saturated heterocycles. The van der Waals surface area contributed by atoms with Crippen molar-refractivity contribution in [1.82, 2.24) is 4.90 Å². The lowest BCUT2D eigenvalue weighted by Gasteiger charge is -2.27. The molecule has 4 heteroatoms. The molecule has 0 aromatic carbocycles. The molecule has 1 amide bonds. The van der Waals surface area contributed by atoms with Gasteiger partial charge >= 0.3 is 6.09 Å². The summed E-state index contributed by atoms with van der Waals surface area (Å²) in [5, 5.41) is 0. The highest BCUT2D eigenvalue weighted by atomic mass is 16.6. The Morgan fingerprint density at radius 1 is 1.42 bits per heavy atom. The molecular formula is C15H27NO3. The summed E-state index contributed by atoms with van der Waals surface area (Å²) in [6.07, 6.45) is 1.50. The molecule has 0 N–H and O–H groups in total. The summed E-state index contributed by atoms with van der Waals surface area (Å²) in [7, 11) is 0. The summed E-state index contributed by atoms with van der Waals surface area (Å²) in [6, 6.07) is 0. The van der Waals surface area contributed by atoms with Crippen LogP contribution in [0.4, 0.5) is 4.79 Å². The van der Waals surface area contributed by atoms with Gasteiger partial charge in [-0.05, 0) is 40.5 Å². The second-order valence-electron chi connectivity index (χ2n) is 6.49. The number of ether oxygens (including phenoxy) is 2. The number of rotatable bonds is 4. The fourth-order valence-electron chi connectivity index (χ4n) is 1.91. The van der Waals surface area contributed by atoms with Crippen LogP contribution in [0.5, 0.6) is 0 Å². The molecule has 1 heterocycles. The molecule has 0 saturated carbocycles. The minimum Gasteiger partial charge on any atom is -0.444 e. The number of carbonyl (C=O) groups is 1. The van der Waals surface area contributed by atoms with Crippen molar-refractivity contribution in [3.63, 3.8) is 0 Å². The van der Waals surface area contributed by atoms with Crippen molar-refractivity contribution < 1.29 is 14.3 Å². The van der Waals surface area contributed by atoms with E-state index in [1.165, 1.54) is 0 Å². The molecule has 0 bridgehead atoms. The Bertz CT molecular complexity index is 346. The van der Waals surface area contributed by atoms with Crippen LogP contribution < -0.4 is 0 Å². The Morgan fingerprint density at radius 2 is 2.05 bits per heavy atom. The van der Waals surface area contributed by atoms with Crippen molar-refractivity contribution in [2.45, 2.75) is 58.7 Å². The van der Waals surface area contributed by atoms with E-state index in [0.717, 1.165) is 18.4 Å². The molecule has 1 aliphatic heterocycles. The maximum atomic E-state index is 12.0. The molecule has 1 unspecified atom stereocenters. The minimum absolute atomic E-state index is 0.255. The summed E-state index contributed by atoms with van der Waals surface area (Å²) in [4.78, 5) is 13.7. The second-order valence-corrected chi connectivity index (χ2v) is 6.49. The Hall–Kier alpha value is -1.03. The van der Waals surface area contributed by atoms with Gasteiger partial charge in [0.2, 0.25) is 0 Å². The first-order valence-corrected chi connectivity index (χ1v) is 6.94. The van der Waals surface area contributed by atoms with Crippen LogP contribution in [0.3, 0.4) is 0 Å². The molecule has 1 atom stereocenters. The highest BCUT2D eigenvalue weighted by molar-refractivity contribution is 5.68. The van der Waals surface area contributed by atoms with Crippen LogP contribution in [0.1, 0.15) is 47.5 Å². The highest BCUT2D eigenvalue weighted by Crippen LogP contribution is 2.27. The van der Waals surface area contributed by atoms with Crippen molar-refractivity contribution in [2.24, 2.45) is 0 Å². The van der Waals surface area contributed by atoms with E-state index in [9.17, 15) is 4.79 Å². The van der Waals surface area contributed by atoms with Crippen LogP contribution in [-0.4, -0.2) is 41.9 Å². The molecule has 1 aliphatic rings. The van der Waals surface area contributed by atoms with Gasteiger partial charge < -0.3 is 14.4 Å². The van der Waals surface area contributed by atoms with E-state index in [2.05, 4.69) is 13.5 Å². The fraction of sp³-hybridized carbons (Fsp3) is 0.800. The monoisotopic (exact) mass is 269 g/mol. The normalized spacial score (nSPS) is 23.5. The van der Waals surface area contributed by atoms with Crippen molar-refractivity contribution in [3.05, 3.63) is 12.2 Å². The zero-order valence-electron chi connectivity index (χ0n) is 12.9. The van der Waals surface area contributed by atoms with E-state index in [4.69, 9.17) is 9.47 Å². The van der Waals surface area contributed by atoms with Crippen LogP contribution in [0, 0.1) is 0 Å². The van der Waals surface area contributed by atoms with Gasteiger partial charge in [-0.25, -0.2) is 4.79 Å². The Labute approximate surface area is 116 Å². The average Bonchev–Trinajstić information content (AvgIpc) is 2.67. The first-order chi connectivity index (χ1) is 8.65. The van der Waals surface area contributed by atoms with Crippen LogP contribution in [0.2, 0.25) is 0 Å². The Balaban J connectivity index is 2.48. The lowest BCUT2D eigenvalue weighted by molar-refractivity contribution is -0.0171. The van der Waals surface area contributed by atoms with E-state index in [0.29, 0.717) is 19.7 Å². The second kappa shape index (κ2) is 5.95. The van der Waals surface area contributed by atoms with E-state index in [-0.39, 0.29) is 11.7 Å². The van der Waals surface area contributed by atoms with Gasteiger partial charge in [-0.15, -0.1) is 0 Å². The molecule has 0 aromatic heterocycles. The predicted octanol–water partition coefficient (Wildman–Crippen LogP) is 3.37. The predicted molar refractivity (Wildman–Crippen MR) is 76.2 cm³/mol. The summed E-state index contributed by atoms with van der Waals surface area (Å²) in [5.41, 5.74) is 0.347. The molecule has 1 fully saturated rings. The summed E-state index contributed by atoms with van der Waals surface area (Å²) < 4.78 is 11.3. The third-order valence-corrected chi connectivity index (χ3v) is 3.21. The third-order valence-electron chi connectivity index (χ3n) is 3.21. The largest absolute Gasteiger partial charge is 0.444 e. The van der Waals surface area contributed by atoms with Gasteiger partial charge in [0.15, 0.2) is 0 Å². The number of carbonyl (C=O) groups excluding carboxylic acids is 1. The van der Waals surface area contributed by atoms with Gasteiger partial charge in [-0.2, -0.15) is 0 Å². The van der Waals surface area contributed by atoms with Crippen LogP contribution in [0.25, 0.3) is 0 Å². The molecule has 110 valence electrons. The van der Waals surface area contributed by atoms with Crippen LogP contribution >= 0.6 is 0 Å². The quantitative estimate of drug-likeness (QED) is 0.734. The van der Waals surface area contributed by atoms with Gasteiger partial charge in [-0.1, -0.05) is 19.1 Å². The van der Waals surface area contributed by atoms with E-state index in [1.54, 1.807) is 4.90 Å². The van der Waals surface area contributed by atoms with Crippen LogP contribution in [-0.2, 0) is 9.47 Å². The molecular weight excluding hydrogens is 242 g/mol. The van der Waals surface area contributed by atoms with Crippen molar-refractivity contribution in [2.75, 3.05) is 19.7 Å². The maximum absolute atomic E-state index is 12.0. The van der Waals surface area contributed by atoms with Crippen LogP contribution in [0.15, 0.2) is 12.2 Å². The van der Waals surface area contributed by atoms with Crippen molar-refractivity contribution in [3.8, 4) is 0 Å². The van der Waals surface area contributed by atoms with E-state index >= 15 is 0 Å². The number of amides is 1. The SMILES string of the molecule is C=C(CC)COC1(C)CCN(C(=O)OC(C)(C)C)C1. The molecule has 1 rings (SSSR count). The zero-order chi connectivity index (χ0) is 14.7. The highest BCUT2D eigenvalue weighted by Gasteiger charge is 2.38. The van der Waals surface area contributed by atoms with Crippen molar-refractivity contribution in [1.29, 1.82) is 0 Å². The topological polar surface area (TPSA) is 38.8 Å². The lowest BCUT2D eigenvalue weighted by atomic mass is 10.1. The summed E-state index contributed by atoms with van der Waals surface area (Å²) >= 11 is 0. The lowest BCUT2D eigenvalue weighted by Crippen LogP contribution is -2.39.